The number of alkyl carbamates (subject to hydrolysis) is 1. The van der Waals surface area contributed by atoms with Gasteiger partial charge in [0.15, 0.2) is 6.04 Å². The highest BCUT2D eigenvalue weighted by Crippen LogP contribution is 2.44. The average molecular weight is 440 g/mol. The molecule has 32 heavy (non-hydrogen) atoms. The van der Waals surface area contributed by atoms with Crippen LogP contribution in [0.25, 0.3) is 11.1 Å². The van der Waals surface area contributed by atoms with Crippen molar-refractivity contribution in [3.8, 4) is 11.1 Å². The minimum absolute atomic E-state index is 0.0929. The number of carboxylic acids is 1. The van der Waals surface area contributed by atoms with Crippen LogP contribution in [0.2, 0.25) is 0 Å². The summed E-state index contributed by atoms with van der Waals surface area (Å²) in [7, 11) is 1.35. The first-order valence-electron chi connectivity index (χ1n) is 10.6. The lowest BCUT2D eigenvalue weighted by Gasteiger charge is -2.21. The summed E-state index contributed by atoms with van der Waals surface area (Å²) >= 11 is 0. The molecule has 0 saturated heterocycles. The fourth-order valence-electron chi connectivity index (χ4n) is 3.95. The number of carbonyl (C=O) groups excluding carboxylic acids is 2. The van der Waals surface area contributed by atoms with E-state index in [-0.39, 0.29) is 19.1 Å². The Kier molecular flexibility index (Phi) is 7.83. The second-order valence-electron chi connectivity index (χ2n) is 7.67. The molecule has 1 aliphatic carbocycles. The molecule has 1 unspecified atom stereocenters. The number of carbonyl (C=O) groups is 3. The van der Waals surface area contributed by atoms with Gasteiger partial charge in [-0.05, 0) is 28.7 Å². The third kappa shape index (κ3) is 5.26. The topological polar surface area (TPSA) is 114 Å². The number of nitrogens with one attached hydrogen (secondary N) is 2. The Bertz CT molecular complexity index is 931. The number of carboxylic acid groups (broad SMARTS) is 1. The van der Waals surface area contributed by atoms with E-state index >= 15 is 0 Å². The van der Waals surface area contributed by atoms with Crippen molar-refractivity contribution >= 4 is 18.0 Å². The summed E-state index contributed by atoms with van der Waals surface area (Å²) in [6, 6.07) is 13.9. The molecule has 0 fully saturated rings. The standard InChI is InChI=1S/C24H28N2O6/c1-3-8-20(22(27)25-21(14-31-2)23(28)29)26-24(30)32-13-19-17-11-6-4-9-15(17)16-10-5-7-12-18(16)19/h4-7,9-12,19-21H,3,8,13-14H2,1-2H3,(H,25,27)(H,26,30)(H,28,29)/t20-,21?/m0/s1. The minimum Gasteiger partial charge on any atom is -0.480 e. The van der Waals surface area contributed by atoms with Gasteiger partial charge in [0, 0.05) is 13.0 Å². The van der Waals surface area contributed by atoms with Gasteiger partial charge >= 0.3 is 12.1 Å². The Morgan fingerprint density at radius 1 is 0.969 bits per heavy atom. The van der Waals surface area contributed by atoms with Crippen molar-refractivity contribution in [1.29, 1.82) is 0 Å². The highest BCUT2D eigenvalue weighted by Gasteiger charge is 2.30. The Morgan fingerprint density at radius 3 is 2.09 bits per heavy atom. The molecule has 170 valence electrons. The number of aliphatic carboxylic acids is 1. The third-order valence-corrected chi connectivity index (χ3v) is 5.48. The predicted molar refractivity (Wildman–Crippen MR) is 118 cm³/mol. The number of amides is 2. The normalized spacial score (nSPS) is 14.1. The fraction of sp³-hybridized carbons (Fsp3) is 0.375. The van der Waals surface area contributed by atoms with E-state index in [1.807, 2.05) is 43.3 Å². The molecule has 8 nitrogen and oxygen atoms in total. The van der Waals surface area contributed by atoms with E-state index in [2.05, 4.69) is 22.8 Å². The molecule has 2 atom stereocenters. The van der Waals surface area contributed by atoms with Gasteiger partial charge in [-0.15, -0.1) is 0 Å². The molecule has 0 aliphatic heterocycles. The lowest BCUT2D eigenvalue weighted by atomic mass is 9.98. The molecule has 0 aromatic heterocycles. The molecule has 2 aromatic carbocycles. The van der Waals surface area contributed by atoms with E-state index in [4.69, 9.17) is 9.47 Å². The molecular weight excluding hydrogens is 412 g/mol. The largest absolute Gasteiger partial charge is 0.480 e. The molecule has 1 aliphatic rings. The van der Waals surface area contributed by atoms with Crippen LogP contribution < -0.4 is 10.6 Å². The lowest BCUT2D eigenvalue weighted by molar-refractivity contribution is -0.143. The van der Waals surface area contributed by atoms with Gasteiger partial charge < -0.3 is 25.2 Å². The van der Waals surface area contributed by atoms with Crippen LogP contribution in [0.15, 0.2) is 48.5 Å². The Labute approximate surface area is 186 Å². The van der Waals surface area contributed by atoms with Crippen molar-refractivity contribution in [3.63, 3.8) is 0 Å². The predicted octanol–water partition coefficient (Wildman–Crippen LogP) is 2.91. The van der Waals surface area contributed by atoms with Crippen LogP contribution in [0, 0.1) is 0 Å². The zero-order valence-electron chi connectivity index (χ0n) is 18.2. The van der Waals surface area contributed by atoms with Gasteiger partial charge in [0.1, 0.15) is 12.6 Å². The maximum atomic E-state index is 12.5. The molecule has 3 rings (SSSR count). The Balaban J connectivity index is 1.64. The SMILES string of the molecule is CCC[C@H](NC(=O)OCC1c2ccccc2-c2ccccc21)C(=O)NC(COC)C(=O)O. The van der Waals surface area contributed by atoms with E-state index in [0.717, 1.165) is 22.3 Å². The molecule has 3 N–H and O–H groups in total. The fourth-order valence-corrected chi connectivity index (χ4v) is 3.95. The first-order valence-corrected chi connectivity index (χ1v) is 10.6. The summed E-state index contributed by atoms with van der Waals surface area (Å²) < 4.78 is 10.3. The van der Waals surface area contributed by atoms with Gasteiger partial charge in [-0.1, -0.05) is 61.9 Å². The first kappa shape index (κ1) is 23.3. The van der Waals surface area contributed by atoms with Gasteiger partial charge in [0.2, 0.25) is 5.91 Å². The third-order valence-electron chi connectivity index (χ3n) is 5.48. The molecular formula is C24H28N2O6. The number of benzene rings is 2. The van der Waals surface area contributed by atoms with E-state index in [9.17, 15) is 19.5 Å². The number of rotatable bonds is 10. The Morgan fingerprint density at radius 2 is 1.56 bits per heavy atom. The Hall–Kier alpha value is -3.39. The number of methoxy groups -OCH3 is 1. The van der Waals surface area contributed by atoms with Gasteiger partial charge in [-0.3, -0.25) is 4.79 Å². The van der Waals surface area contributed by atoms with Crippen LogP contribution >= 0.6 is 0 Å². The van der Waals surface area contributed by atoms with Crippen molar-refractivity contribution in [2.75, 3.05) is 20.3 Å². The minimum atomic E-state index is -1.21. The van der Waals surface area contributed by atoms with Crippen molar-refractivity contribution in [3.05, 3.63) is 59.7 Å². The second-order valence-corrected chi connectivity index (χ2v) is 7.67. The maximum absolute atomic E-state index is 12.5. The van der Waals surface area contributed by atoms with Crippen LogP contribution in [-0.2, 0) is 19.1 Å². The summed E-state index contributed by atoms with van der Waals surface area (Å²) in [5.74, 6) is -1.90. The quantitative estimate of drug-likeness (QED) is 0.524. The second kappa shape index (κ2) is 10.8. The molecule has 8 heteroatoms. The summed E-state index contributed by atoms with van der Waals surface area (Å²) in [5.41, 5.74) is 4.43. The molecule has 0 spiro atoms. The highest BCUT2D eigenvalue weighted by atomic mass is 16.5. The molecule has 0 heterocycles. The zero-order valence-corrected chi connectivity index (χ0v) is 18.2. The number of hydrogen-bond donors (Lipinski definition) is 3. The zero-order chi connectivity index (χ0) is 23.1. The van der Waals surface area contributed by atoms with Crippen LogP contribution in [0.4, 0.5) is 4.79 Å². The van der Waals surface area contributed by atoms with Crippen LogP contribution in [0.3, 0.4) is 0 Å². The molecule has 0 bridgehead atoms. The van der Waals surface area contributed by atoms with Crippen LogP contribution in [0.5, 0.6) is 0 Å². The van der Waals surface area contributed by atoms with Crippen LogP contribution in [0.1, 0.15) is 36.8 Å². The van der Waals surface area contributed by atoms with Crippen molar-refractivity contribution in [2.45, 2.75) is 37.8 Å². The molecule has 2 amide bonds. The van der Waals surface area contributed by atoms with E-state index in [1.54, 1.807) is 0 Å². The molecule has 0 saturated carbocycles. The van der Waals surface area contributed by atoms with Gasteiger partial charge in [-0.2, -0.15) is 0 Å². The van der Waals surface area contributed by atoms with Crippen molar-refractivity contribution in [2.24, 2.45) is 0 Å². The van der Waals surface area contributed by atoms with Gasteiger partial charge in [0.05, 0.1) is 6.61 Å². The lowest BCUT2D eigenvalue weighted by Crippen LogP contribution is -2.53. The highest BCUT2D eigenvalue weighted by molar-refractivity contribution is 5.89. The van der Waals surface area contributed by atoms with Crippen molar-refractivity contribution < 1.29 is 29.0 Å². The smallest absolute Gasteiger partial charge is 0.407 e. The summed E-state index contributed by atoms with van der Waals surface area (Å²) in [5, 5.41) is 14.2. The monoisotopic (exact) mass is 440 g/mol. The molecule has 0 radical (unpaired) electrons. The van der Waals surface area contributed by atoms with E-state index in [1.165, 1.54) is 7.11 Å². The van der Waals surface area contributed by atoms with Crippen molar-refractivity contribution in [1.82, 2.24) is 10.6 Å². The number of ether oxygens (including phenoxy) is 2. The summed E-state index contributed by atoms with van der Waals surface area (Å²) in [4.78, 5) is 36.3. The van der Waals surface area contributed by atoms with Gasteiger partial charge in [0.25, 0.3) is 0 Å². The number of fused-ring (bicyclic) bond motifs is 3. The molecule has 2 aromatic rings. The van der Waals surface area contributed by atoms with E-state index < -0.39 is 30.1 Å². The van der Waals surface area contributed by atoms with Gasteiger partial charge in [-0.25, -0.2) is 9.59 Å². The average Bonchev–Trinajstić information content (AvgIpc) is 3.10. The summed E-state index contributed by atoms with van der Waals surface area (Å²) in [6.07, 6.45) is 0.234. The summed E-state index contributed by atoms with van der Waals surface area (Å²) in [6.45, 7) is 1.82. The van der Waals surface area contributed by atoms with Crippen LogP contribution in [-0.4, -0.2) is 55.5 Å². The maximum Gasteiger partial charge on any atom is 0.407 e. The van der Waals surface area contributed by atoms with E-state index in [0.29, 0.717) is 12.8 Å². The number of hydrogen-bond acceptors (Lipinski definition) is 5. The first-order chi connectivity index (χ1) is 15.5.